The van der Waals surface area contributed by atoms with Crippen molar-refractivity contribution in [3.05, 3.63) is 22.4 Å². The van der Waals surface area contributed by atoms with Crippen LogP contribution >= 0.6 is 33.9 Å². The molecule has 1 N–H and O–H groups in total. The molecule has 1 aromatic heterocycles. The van der Waals surface area contributed by atoms with Crippen LogP contribution in [0.15, 0.2) is 16.8 Å². The summed E-state index contributed by atoms with van der Waals surface area (Å²) in [6, 6.07) is 1.86. The number of rotatable bonds is 7. The third-order valence-electron chi connectivity index (χ3n) is 2.13. The number of carbonyl (C=O) groups excluding carboxylic acids is 1. The second-order valence-electron chi connectivity index (χ2n) is 3.37. The molecule has 0 atom stereocenters. The van der Waals surface area contributed by atoms with E-state index in [9.17, 15) is 4.79 Å². The van der Waals surface area contributed by atoms with Gasteiger partial charge in [0.25, 0.3) is 5.91 Å². The van der Waals surface area contributed by atoms with E-state index in [0.717, 1.165) is 18.5 Å². The number of unbranched alkanes of at least 4 members (excludes halogenated alkanes) is 3. The minimum atomic E-state index is 0.0603. The van der Waals surface area contributed by atoms with E-state index in [2.05, 4.69) is 27.9 Å². The summed E-state index contributed by atoms with van der Waals surface area (Å²) in [6.07, 6.45) is 4.87. The Morgan fingerprint density at radius 1 is 1.33 bits per heavy atom. The zero-order chi connectivity index (χ0) is 10.9. The fourth-order valence-corrected chi connectivity index (χ4v) is 2.45. The molecular weight excluding hydrogens is 321 g/mol. The first kappa shape index (κ1) is 13.0. The lowest BCUT2D eigenvalue weighted by Gasteiger charge is -2.03. The van der Waals surface area contributed by atoms with Gasteiger partial charge >= 0.3 is 0 Å². The molecule has 0 aliphatic rings. The number of halogens is 1. The second-order valence-corrected chi connectivity index (χ2v) is 5.23. The van der Waals surface area contributed by atoms with E-state index in [1.807, 2.05) is 16.8 Å². The van der Waals surface area contributed by atoms with Crippen LogP contribution in [-0.4, -0.2) is 16.9 Å². The highest BCUT2D eigenvalue weighted by Crippen LogP contribution is 2.05. The molecule has 0 aliphatic heterocycles. The maximum atomic E-state index is 11.5. The van der Waals surface area contributed by atoms with Gasteiger partial charge in [0.2, 0.25) is 0 Å². The van der Waals surface area contributed by atoms with Crippen LogP contribution in [0.2, 0.25) is 0 Å². The molecule has 1 heterocycles. The van der Waals surface area contributed by atoms with Gasteiger partial charge in [-0.1, -0.05) is 35.4 Å². The van der Waals surface area contributed by atoms with Crippen molar-refractivity contribution in [2.75, 3.05) is 11.0 Å². The van der Waals surface area contributed by atoms with E-state index in [4.69, 9.17) is 0 Å². The molecule has 0 fully saturated rings. The van der Waals surface area contributed by atoms with Crippen molar-refractivity contribution in [1.82, 2.24) is 5.32 Å². The van der Waals surface area contributed by atoms with Crippen LogP contribution < -0.4 is 5.32 Å². The van der Waals surface area contributed by atoms with Crippen LogP contribution in [0.3, 0.4) is 0 Å². The number of hydrogen-bond acceptors (Lipinski definition) is 2. The molecule has 1 aromatic rings. The first-order valence-electron chi connectivity index (χ1n) is 5.21. The van der Waals surface area contributed by atoms with Crippen LogP contribution in [0.25, 0.3) is 0 Å². The average Bonchev–Trinajstić information content (AvgIpc) is 2.76. The predicted molar refractivity (Wildman–Crippen MR) is 74.0 cm³/mol. The SMILES string of the molecule is O=C(NCCCCCCI)c1ccsc1. The number of thiophene rings is 1. The molecule has 0 aromatic carbocycles. The molecule has 0 spiro atoms. The lowest BCUT2D eigenvalue weighted by atomic mass is 10.2. The predicted octanol–water partition coefficient (Wildman–Crippen LogP) is 3.47. The first-order valence-corrected chi connectivity index (χ1v) is 7.68. The highest BCUT2D eigenvalue weighted by atomic mass is 127. The summed E-state index contributed by atoms with van der Waals surface area (Å²) in [5.74, 6) is 0.0603. The van der Waals surface area contributed by atoms with Crippen LogP contribution in [0.1, 0.15) is 36.0 Å². The van der Waals surface area contributed by atoms with Crippen molar-refractivity contribution < 1.29 is 4.79 Å². The van der Waals surface area contributed by atoms with Crippen molar-refractivity contribution in [2.45, 2.75) is 25.7 Å². The maximum absolute atomic E-state index is 11.5. The maximum Gasteiger partial charge on any atom is 0.252 e. The number of hydrogen-bond donors (Lipinski definition) is 1. The van der Waals surface area contributed by atoms with E-state index < -0.39 is 0 Å². The Balaban J connectivity index is 2.03. The molecule has 0 unspecified atom stereocenters. The van der Waals surface area contributed by atoms with Gasteiger partial charge in [-0.05, 0) is 28.7 Å². The Kier molecular flexibility index (Phi) is 7.00. The van der Waals surface area contributed by atoms with Crippen molar-refractivity contribution in [2.24, 2.45) is 0 Å². The Hall–Kier alpha value is -0.100. The van der Waals surface area contributed by atoms with Crippen molar-refractivity contribution in [3.8, 4) is 0 Å². The van der Waals surface area contributed by atoms with Crippen LogP contribution in [0, 0.1) is 0 Å². The summed E-state index contributed by atoms with van der Waals surface area (Å²) in [4.78, 5) is 11.5. The lowest BCUT2D eigenvalue weighted by Crippen LogP contribution is -2.23. The highest BCUT2D eigenvalue weighted by molar-refractivity contribution is 14.1. The largest absolute Gasteiger partial charge is 0.352 e. The van der Waals surface area contributed by atoms with Crippen molar-refractivity contribution in [1.29, 1.82) is 0 Å². The summed E-state index contributed by atoms with van der Waals surface area (Å²) < 4.78 is 1.24. The zero-order valence-corrected chi connectivity index (χ0v) is 11.6. The van der Waals surface area contributed by atoms with E-state index >= 15 is 0 Å². The molecule has 84 valence electrons. The standard InChI is InChI=1S/C11H16INOS/c12-6-3-1-2-4-7-13-11(14)10-5-8-15-9-10/h5,8-9H,1-4,6-7H2,(H,13,14). The molecule has 0 saturated heterocycles. The first-order chi connectivity index (χ1) is 7.34. The molecule has 1 rings (SSSR count). The minimum Gasteiger partial charge on any atom is -0.352 e. The molecule has 15 heavy (non-hydrogen) atoms. The van der Waals surface area contributed by atoms with E-state index in [1.165, 1.54) is 23.7 Å². The smallest absolute Gasteiger partial charge is 0.252 e. The van der Waals surface area contributed by atoms with Gasteiger partial charge in [-0.2, -0.15) is 11.3 Å². The van der Waals surface area contributed by atoms with Crippen molar-refractivity contribution in [3.63, 3.8) is 0 Å². The molecular formula is C11H16INOS. The van der Waals surface area contributed by atoms with E-state index in [-0.39, 0.29) is 5.91 Å². The van der Waals surface area contributed by atoms with Gasteiger partial charge in [-0.25, -0.2) is 0 Å². The Labute approximate surface area is 109 Å². The number of carbonyl (C=O) groups is 1. The molecule has 1 amide bonds. The van der Waals surface area contributed by atoms with Crippen LogP contribution in [0.4, 0.5) is 0 Å². The average molecular weight is 337 g/mol. The molecule has 0 bridgehead atoms. The van der Waals surface area contributed by atoms with Gasteiger partial charge in [-0.3, -0.25) is 4.79 Å². The summed E-state index contributed by atoms with van der Waals surface area (Å²) >= 11 is 3.95. The van der Waals surface area contributed by atoms with E-state index in [1.54, 1.807) is 11.3 Å². The normalized spacial score (nSPS) is 10.2. The minimum absolute atomic E-state index is 0.0603. The molecule has 0 aliphatic carbocycles. The van der Waals surface area contributed by atoms with Gasteiger partial charge in [-0.15, -0.1) is 0 Å². The zero-order valence-electron chi connectivity index (χ0n) is 8.67. The van der Waals surface area contributed by atoms with Gasteiger partial charge in [0, 0.05) is 17.5 Å². The number of alkyl halides is 1. The summed E-state index contributed by atoms with van der Waals surface area (Å²) in [6.45, 7) is 0.802. The second kappa shape index (κ2) is 8.10. The quantitative estimate of drug-likeness (QED) is 0.461. The summed E-state index contributed by atoms with van der Waals surface area (Å²) in [5, 5.41) is 6.73. The molecule has 0 saturated carbocycles. The van der Waals surface area contributed by atoms with Gasteiger partial charge in [0.1, 0.15) is 0 Å². The summed E-state index contributed by atoms with van der Waals surface area (Å²) in [5.41, 5.74) is 0.785. The van der Waals surface area contributed by atoms with Gasteiger partial charge < -0.3 is 5.32 Å². The summed E-state index contributed by atoms with van der Waals surface area (Å²) in [7, 11) is 0. The highest BCUT2D eigenvalue weighted by Gasteiger charge is 2.03. The fourth-order valence-electron chi connectivity index (χ4n) is 1.27. The Morgan fingerprint density at radius 2 is 2.13 bits per heavy atom. The third-order valence-corrected chi connectivity index (χ3v) is 3.58. The van der Waals surface area contributed by atoms with Crippen LogP contribution in [-0.2, 0) is 0 Å². The number of nitrogens with one attached hydrogen (secondary N) is 1. The Morgan fingerprint density at radius 3 is 2.80 bits per heavy atom. The Bertz CT molecular complexity index is 274. The molecule has 2 nitrogen and oxygen atoms in total. The molecule has 4 heteroatoms. The lowest BCUT2D eigenvalue weighted by molar-refractivity contribution is 0.0953. The van der Waals surface area contributed by atoms with E-state index in [0.29, 0.717) is 0 Å². The van der Waals surface area contributed by atoms with Gasteiger partial charge in [0.15, 0.2) is 0 Å². The van der Waals surface area contributed by atoms with Crippen molar-refractivity contribution >= 4 is 39.8 Å². The number of amides is 1. The molecule has 0 radical (unpaired) electrons. The monoisotopic (exact) mass is 337 g/mol. The fraction of sp³-hybridized carbons (Fsp3) is 0.545. The van der Waals surface area contributed by atoms with Gasteiger partial charge in [0.05, 0.1) is 0 Å². The van der Waals surface area contributed by atoms with Crippen LogP contribution in [0.5, 0.6) is 0 Å². The topological polar surface area (TPSA) is 29.1 Å². The third kappa shape index (κ3) is 5.51.